The molecule has 40 heavy (non-hydrogen) atoms. The second-order valence-electron chi connectivity index (χ2n) is 11.3. The molecule has 0 N–H and O–H groups in total. The first-order valence-electron chi connectivity index (χ1n) is 13.6. The van der Waals surface area contributed by atoms with Gasteiger partial charge in [0.15, 0.2) is 11.4 Å². The Morgan fingerprint density at radius 3 is 2.25 bits per heavy atom. The number of esters is 2. The number of likely N-dealkylation sites (tertiary alicyclic amines) is 1. The first-order valence-corrected chi connectivity index (χ1v) is 13.6. The summed E-state index contributed by atoms with van der Waals surface area (Å²) in [4.78, 5) is 54.6. The highest BCUT2D eigenvalue weighted by Gasteiger charge is 2.46. The Morgan fingerprint density at radius 1 is 1.02 bits per heavy atom. The van der Waals surface area contributed by atoms with Gasteiger partial charge in [-0.1, -0.05) is 37.3 Å². The molecule has 0 aliphatic carbocycles. The molecule has 0 radical (unpaired) electrons. The van der Waals surface area contributed by atoms with Gasteiger partial charge in [-0.2, -0.15) is 0 Å². The predicted octanol–water partition coefficient (Wildman–Crippen LogP) is 4.82. The lowest BCUT2D eigenvalue weighted by molar-refractivity contribution is 0.00749. The van der Waals surface area contributed by atoms with E-state index in [1.807, 2.05) is 44.2 Å². The zero-order valence-corrected chi connectivity index (χ0v) is 24.4. The molecule has 1 aromatic carbocycles. The van der Waals surface area contributed by atoms with E-state index in [0.29, 0.717) is 13.0 Å². The lowest BCUT2D eigenvalue weighted by atomic mass is 9.94. The number of aromatic nitrogens is 1. The maximum Gasteiger partial charge on any atom is 0.410 e. The van der Waals surface area contributed by atoms with Crippen LogP contribution in [0.2, 0.25) is 0 Å². The van der Waals surface area contributed by atoms with Crippen molar-refractivity contribution in [1.82, 2.24) is 9.47 Å². The first kappa shape index (κ1) is 30.7. The summed E-state index contributed by atoms with van der Waals surface area (Å²) in [5, 5.41) is 0. The summed E-state index contributed by atoms with van der Waals surface area (Å²) in [6, 6.07) is 9.13. The summed E-state index contributed by atoms with van der Waals surface area (Å²) in [6.45, 7) is 13.2. The molecule has 2 heterocycles. The van der Waals surface area contributed by atoms with Crippen LogP contribution in [0.5, 0.6) is 5.75 Å². The van der Waals surface area contributed by atoms with E-state index in [1.165, 1.54) is 10.8 Å². The van der Waals surface area contributed by atoms with Crippen LogP contribution >= 0.6 is 0 Å². The molecule has 2 aromatic rings. The van der Waals surface area contributed by atoms with Gasteiger partial charge < -0.3 is 28.4 Å². The molecule has 1 aromatic heterocycles. The molecule has 1 aliphatic rings. The van der Waals surface area contributed by atoms with E-state index in [1.54, 1.807) is 39.5 Å². The van der Waals surface area contributed by atoms with Crippen molar-refractivity contribution in [3.63, 3.8) is 0 Å². The highest BCUT2D eigenvalue weighted by molar-refractivity contribution is 5.94. The Hall–Kier alpha value is -3.82. The lowest BCUT2D eigenvalue weighted by Gasteiger charge is -2.37. The third-order valence-electron chi connectivity index (χ3n) is 6.49. The number of nitrogens with zero attached hydrogens (tertiary/aromatic N) is 2. The molecule has 1 amide bonds. The smallest absolute Gasteiger partial charge is 0.410 e. The maximum atomic E-state index is 13.6. The number of pyridine rings is 1. The van der Waals surface area contributed by atoms with Gasteiger partial charge in [-0.3, -0.25) is 4.79 Å². The van der Waals surface area contributed by atoms with Gasteiger partial charge >= 0.3 is 18.0 Å². The van der Waals surface area contributed by atoms with Crippen molar-refractivity contribution >= 4 is 18.0 Å². The summed E-state index contributed by atoms with van der Waals surface area (Å²) in [7, 11) is 0. The molecule has 1 saturated heterocycles. The number of carbonyl (C=O) groups excluding carboxylic acids is 3. The quantitative estimate of drug-likeness (QED) is 0.319. The summed E-state index contributed by atoms with van der Waals surface area (Å²) in [5.41, 5.74) is -1.95. The van der Waals surface area contributed by atoms with E-state index in [9.17, 15) is 19.2 Å². The van der Waals surface area contributed by atoms with Crippen LogP contribution in [0.1, 0.15) is 81.3 Å². The number of hydrogen-bond acceptors (Lipinski definition) is 8. The van der Waals surface area contributed by atoms with Crippen molar-refractivity contribution in [3.05, 3.63) is 63.6 Å². The molecule has 1 fully saturated rings. The molecular formula is C30H40N2O8. The zero-order valence-electron chi connectivity index (χ0n) is 24.4. The normalized spacial score (nSPS) is 18.8. The van der Waals surface area contributed by atoms with Crippen LogP contribution in [-0.4, -0.2) is 58.4 Å². The fourth-order valence-corrected chi connectivity index (χ4v) is 4.98. The van der Waals surface area contributed by atoms with Crippen LogP contribution in [0.15, 0.2) is 41.3 Å². The highest BCUT2D eigenvalue weighted by atomic mass is 16.6. The number of rotatable bonds is 9. The van der Waals surface area contributed by atoms with Crippen LogP contribution in [0.4, 0.5) is 4.79 Å². The second-order valence-corrected chi connectivity index (χ2v) is 11.3. The van der Waals surface area contributed by atoms with Crippen molar-refractivity contribution in [1.29, 1.82) is 0 Å². The largest absolute Gasteiger partial charge is 0.482 e. The van der Waals surface area contributed by atoms with Crippen LogP contribution < -0.4 is 10.2 Å². The number of benzene rings is 1. The minimum Gasteiger partial charge on any atom is -0.482 e. The van der Waals surface area contributed by atoms with E-state index in [0.717, 1.165) is 5.56 Å². The standard InChI is InChI=1S/C30H40N2O8/c1-8-37-26(34)22-17-31(19-30(7)15-20(3)16-32(30)28(36)40-29(4,5)6)23(27(35)38-9-2)25(24(22)33)39-18-21-13-11-10-12-14-21/h10-14,17,20H,8-9,15-16,18-19H2,1-7H3/t20?,30-/m0/s1. The average molecular weight is 557 g/mol. The lowest BCUT2D eigenvalue weighted by Crippen LogP contribution is -2.50. The SMILES string of the molecule is CCOC(=O)c1cn(C[C@]2(C)CC(C)CN2C(=O)OC(C)(C)C)c(C(=O)OCC)c(OCc2ccccc2)c1=O. The second kappa shape index (κ2) is 12.6. The van der Waals surface area contributed by atoms with Crippen molar-refractivity contribution in [2.24, 2.45) is 5.92 Å². The summed E-state index contributed by atoms with van der Waals surface area (Å²) in [6.07, 6.45) is 1.41. The third kappa shape index (κ3) is 7.22. The Balaban J connectivity index is 2.17. The molecule has 10 heteroatoms. The van der Waals surface area contributed by atoms with Crippen LogP contribution in [0, 0.1) is 5.92 Å². The van der Waals surface area contributed by atoms with Gasteiger partial charge in [0, 0.05) is 19.3 Å². The van der Waals surface area contributed by atoms with E-state index in [2.05, 4.69) is 0 Å². The van der Waals surface area contributed by atoms with E-state index >= 15 is 0 Å². The minimum atomic E-state index is -0.838. The van der Waals surface area contributed by atoms with Gasteiger partial charge in [0.2, 0.25) is 5.43 Å². The zero-order chi connectivity index (χ0) is 29.7. The Kier molecular flexibility index (Phi) is 9.65. The molecule has 0 bridgehead atoms. The maximum absolute atomic E-state index is 13.6. The fourth-order valence-electron chi connectivity index (χ4n) is 4.98. The fraction of sp³-hybridized carbons (Fsp3) is 0.533. The Morgan fingerprint density at radius 2 is 1.65 bits per heavy atom. The molecule has 3 rings (SSSR count). The van der Waals surface area contributed by atoms with Gasteiger partial charge in [-0.05, 0) is 59.4 Å². The number of ether oxygens (including phenoxy) is 4. The molecule has 1 aliphatic heterocycles. The molecular weight excluding hydrogens is 516 g/mol. The van der Waals surface area contributed by atoms with Crippen LogP contribution in [-0.2, 0) is 27.4 Å². The first-order chi connectivity index (χ1) is 18.8. The summed E-state index contributed by atoms with van der Waals surface area (Å²) in [5.74, 6) is -1.79. The molecule has 218 valence electrons. The molecule has 0 saturated carbocycles. The van der Waals surface area contributed by atoms with Gasteiger partial charge in [-0.25, -0.2) is 14.4 Å². The van der Waals surface area contributed by atoms with Crippen LogP contribution in [0.25, 0.3) is 0 Å². The minimum absolute atomic E-state index is 0.0207. The van der Waals surface area contributed by atoms with Gasteiger partial charge in [0.05, 0.1) is 18.8 Å². The molecule has 1 unspecified atom stereocenters. The van der Waals surface area contributed by atoms with E-state index in [-0.39, 0.29) is 49.3 Å². The van der Waals surface area contributed by atoms with E-state index < -0.39 is 34.6 Å². The number of carbonyl (C=O) groups is 3. The van der Waals surface area contributed by atoms with Crippen molar-refractivity contribution in [3.8, 4) is 5.75 Å². The molecule has 2 atom stereocenters. The van der Waals surface area contributed by atoms with Crippen LogP contribution in [0.3, 0.4) is 0 Å². The third-order valence-corrected chi connectivity index (χ3v) is 6.49. The van der Waals surface area contributed by atoms with E-state index in [4.69, 9.17) is 18.9 Å². The predicted molar refractivity (Wildman–Crippen MR) is 149 cm³/mol. The van der Waals surface area contributed by atoms with Gasteiger partial charge in [-0.15, -0.1) is 0 Å². The van der Waals surface area contributed by atoms with Gasteiger partial charge in [0.25, 0.3) is 0 Å². The van der Waals surface area contributed by atoms with Crippen molar-refractivity contribution in [2.45, 2.75) is 79.2 Å². The summed E-state index contributed by atoms with van der Waals surface area (Å²) >= 11 is 0. The van der Waals surface area contributed by atoms with Gasteiger partial charge in [0.1, 0.15) is 17.8 Å². The molecule has 10 nitrogen and oxygen atoms in total. The molecule has 0 spiro atoms. The van der Waals surface area contributed by atoms with Crippen molar-refractivity contribution in [2.75, 3.05) is 19.8 Å². The average Bonchev–Trinajstić information content (AvgIpc) is 3.17. The summed E-state index contributed by atoms with van der Waals surface area (Å²) < 4.78 is 23.6. The number of hydrogen-bond donors (Lipinski definition) is 0. The highest BCUT2D eigenvalue weighted by Crippen LogP contribution is 2.36. The Bertz CT molecular complexity index is 1280. The monoisotopic (exact) mass is 556 g/mol. The van der Waals surface area contributed by atoms with Crippen molar-refractivity contribution < 1.29 is 33.3 Å². The number of amides is 1. The Labute approximate surface area is 235 Å². The topological polar surface area (TPSA) is 113 Å².